The second kappa shape index (κ2) is 12.1. The van der Waals surface area contributed by atoms with Gasteiger partial charge in [0, 0.05) is 11.6 Å². The van der Waals surface area contributed by atoms with Gasteiger partial charge in [0.15, 0.2) is 22.9 Å². The number of aromatic hydroxyl groups is 2. The largest absolute Gasteiger partial charge is 0.508 e. The number of benzene rings is 2. The normalized spacial score (nSPS) is 14.8. The highest BCUT2D eigenvalue weighted by molar-refractivity contribution is 7.07. The standard InChI is InChI=1S/C28H28N2O9S/c1-5-37-21-11-17(8-10-20(21)39-14-23(33)36-4)25-24(27(35)38-6-2)15(3)29-28-30(25)26(34)22(40-28)12-16-7-9-18(31)13-19(16)32/h7-13,25,31-32H,5-6,14H2,1-4H3/b22-12-/t25-/m0/s1. The van der Waals surface area contributed by atoms with Crippen LogP contribution in [0, 0.1) is 0 Å². The monoisotopic (exact) mass is 568 g/mol. The average Bonchev–Trinajstić information content (AvgIpc) is 3.22. The van der Waals surface area contributed by atoms with Crippen LogP contribution in [0.2, 0.25) is 0 Å². The molecule has 1 aromatic heterocycles. The number of rotatable bonds is 9. The number of hydrogen-bond acceptors (Lipinski definition) is 11. The summed E-state index contributed by atoms with van der Waals surface area (Å²) in [6, 6.07) is 8.03. The molecule has 1 aliphatic rings. The number of carbonyl (C=O) groups excluding carboxylic acids is 2. The summed E-state index contributed by atoms with van der Waals surface area (Å²) in [6.07, 6.45) is 1.49. The van der Waals surface area contributed by atoms with Crippen molar-refractivity contribution in [2.24, 2.45) is 4.99 Å². The number of thiazole rings is 1. The van der Waals surface area contributed by atoms with E-state index in [0.717, 1.165) is 11.3 Å². The summed E-state index contributed by atoms with van der Waals surface area (Å²) >= 11 is 1.09. The number of carbonyl (C=O) groups is 2. The van der Waals surface area contributed by atoms with E-state index in [-0.39, 0.29) is 47.2 Å². The van der Waals surface area contributed by atoms with Crippen LogP contribution in [0.1, 0.15) is 37.9 Å². The predicted octanol–water partition coefficient (Wildman–Crippen LogP) is 2.16. The first kappa shape index (κ1) is 28.4. The summed E-state index contributed by atoms with van der Waals surface area (Å²) in [7, 11) is 1.25. The maximum absolute atomic E-state index is 13.8. The summed E-state index contributed by atoms with van der Waals surface area (Å²) < 4.78 is 22.9. The van der Waals surface area contributed by atoms with E-state index in [1.807, 2.05) is 0 Å². The van der Waals surface area contributed by atoms with Gasteiger partial charge < -0.3 is 29.2 Å². The van der Waals surface area contributed by atoms with Crippen LogP contribution in [-0.2, 0) is 19.1 Å². The van der Waals surface area contributed by atoms with Crippen molar-refractivity contribution in [3.8, 4) is 23.0 Å². The second-order valence-electron chi connectivity index (χ2n) is 8.55. The zero-order valence-electron chi connectivity index (χ0n) is 22.3. The quantitative estimate of drug-likeness (QED) is 0.371. The van der Waals surface area contributed by atoms with Crippen LogP contribution in [-0.4, -0.2) is 53.6 Å². The van der Waals surface area contributed by atoms with Crippen LogP contribution in [0.15, 0.2) is 57.5 Å². The highest BCUT2D eigenvalue weighted by Crippen LogP contribution is 2.36. The molecule has 0 saturated carbocycles. The number of aromatic nitrogens is 1. The highest BCUT2D eigenvalue weighted by atomic mass is 32.1. The lowest BCUT2D eigenvalue weighted by Crippen LogP contribution is -2.40. The second-order valence-corrected chi connectivity index (χ2v) is 9.56. The molecule has 0 bridgehead atoms. The van der Waals surface area contributed by atoms with Gasteiger partial charge in [0.1, 0.15) is 11.5 Å². The third-order valence-electron chi connectivity index (χ3n) is 5.97. The first-order valence-electron chi connectivity index (χ1n) is 12.4. The first-order chi connectivity index (χ1) is 19.2. The number of phenolic OH excluding ortho intramolecular Hbond substituents is 2. The molecule has 0 amide bonds. The third-order valence-corrected chi connectivity index (χ3v) is 6.96. The summed E-state index contributed by atoms with van der Waals surface area (Å²) in [5.41, 5.74) is 0.962. The van der Waals surface area contributed by atoms with Gasteiger partial charge in [-0.2, -0.15) is 0 Å². The SMILES string of the molecule is CCOC(=O)C1=C(C)N=c2s/c(=C\c3ccc(O)cc3O)c(=O)n2[C@H]1c1ccc(OCC(=O)OC)c(OCC)c1. The minimum atomic E-state index is -0.917. The van der Waals surface area contributed by atoms with E-state index in [1.54, 1.807) is 39.0 Å². The van der Waals surface area contributed by atoms with Crippen molar-refractivity contribution < 1.29 is 38.7 Å². The van der Waals surface area contributed by atoms with E-state index in [1.165, 1.54) is 36.0 Å². The molecule has 1 aliphatic heterocycles. The van der Waals surface area contributed by atoms with E-state index in [0.29, 0.717) is 27.4 Å². The molecule has 3 aromatic rings. The molecule has 40 heavy (non-hydrogen) atoms. The smallest absolute Gasteiger partial charge is 0.343 e. The van der Waals surface area contributed by atoms with Crippen molar-refractivity contribution in [2.45, 2.75) is 26.8 Å². The lowest BCUT2D eigenvalue weighted by atomic mass is 9.95. The Kier molecular flexibility index (Phi) is 8.58. The molecule has 12 heteroatoms. The van der Waals surface area contributed by atoms with Crippen molar-refractivity contribution >= 4 is 29.4 Å². The molecular formula is C28H28N2O9S. The van der Waals surface area contributed by atoms with Crippen molar-refractivity contribution in [3.05, 3.63) is 78.5 Å². The number of phenols is 2. The van der Waals surface area contributed by atoms with Crippen molar-refractivity contribution in [2.75, 3.05) is 26.9 Å². The number of esters is 2. The van der Waals surface area contributed by atoms with E-state index < -0.39 is 23.5 Å². The van der Waals surface area contributed by atoms with Gasteiger partial charge in [0.2, 0.25) is 0 Å². The van der Waals surface area contributed by atoms with E-state index in [9.17, 15) is 24.6 Å². The number of nitrogens with zero attached hydrogens (tertiary/aromatic N) is 2. The molecule has 2 aromatic carbocycles. The van der Waals surface area contributed by atoms with Crippen LogP contribution < -0.4 is 24.4 Å². The molecule has 210 valence electrons. The number of methoxy groups -OCH3 is 1. The Morgan fingerprint density at radius 1 is 1.07 bits per heavy atom. The number of allylic oxidation sites excluding steroid dienone is 1. The molecule has 0 radical (unpaired) electrons. The average molecular weight is 569 g/mol. The summed E-state index contributed by atoms with van der Waals surface area (Å²) in [5, 5.41) is 19.9. The van der Waals surface area contributed by atoms with Gasteiger partial charge in [-0.3, -0.25) is 9.36 Å². The molecule has 2 heterocycles. The fraction of sp³-hybridized carbons (Fsp3) is 0.286. The van der Waals surface area contributed by atoms with Crippen LogP contribution >= 0.6 is 11.3 Å². The van der Waals surface area contributed by atoms with Crippen molar-refractivity contribution in [1.29, 1.82) is 0 Å². The fourth-order valence-corrected chi connectivity index (χ4v) is 5.22. The topological polar surface area (TPSA) is 146 Å². The summed E-state index contributed by atoms with van der Waals surface area (Å²) in [4.78, 5) is 43.4. The van der Waals surface area contributed by atoms with Crippen LogP contribution in [0.4, 0.5) is 0 Å². The van der Waals surface area contributed by atoms with Crippen LogP contribution in [0.3, 0.4) is 0 Å². The zero-order valence-corrected chi connectivity index (χ0v) is 23.1. The maximum atomic E-state index is 13.8. The number of ether oxygens (including phenoxy) is 4. The van der Waals surface area contributed by atoms with Crippen LogP contribution in [0.25, 0.3) is 6.08 Å². The Bertz CT molecular complexity index is 1670. The molecule has 11 nitrogen and oxygen atoms in total. The molecule has 0 saturated heterocycles. The Hall–Kier alpha value is -4.58. The van der Waals surface area contributed by atoms with Gasteiger partial charge in [0.05, 0.1) is 42.2 Å². The molecule has 0 fully saturated rings. The molecular weight excluding hydrogens is 540 g/mol. The van der Waals surface area contributed by atoms with Gasteiger partial charge in [-0.15, -0.1) is 0 Å². The van der Waals surface area contributed by atoms with Gasteiger partial charge in [0.25, 0.3) is 5.56 Å². The first-order valence-corrected chi connectivity index (χ1v) is 13.2. The summed E-state index contributed by atoms with van der Waals surface area (Å²) in [5.74, 6) is -0.920. The van der Waals surface area contributed by atoms with Crippen LogP contribution in [0.5, 0.6) is 23.0 Å². The van der Waals surface area contributed by atoms with Gasteiger partial charge in [-0.25, -0.2) is 14.6 Å². The molecule has 4 rings (SSSR count). The Labute approximate surface area is 232 Å². The minimum absolute atomic E-state index is 0.116. The number of hydrogen-bond donors (Lipinski definition) is 2. The van der Waals surface area contributed by atoms with Gasteiger partial charge >= 0.3 is 11.9 Å². The summed E-state index contributed by atoms with van der Waals surface area (Å²) in [6.45, 7) is 5.21. The maximum Gasteiger partial charge on any atom is 0.343 e. The Morgan fingerprint density at radius 3 is 2.52 bits per heavy atom. The fourth-order valence-electron chi connectivity index (χ4n) is 4.18. The molecule has 0 unspecified atom stereocenters. The lowest BCUT2D eigenvalue weighted by molar-refractivity contribution is -0.143. The molecule has 2 N–H and O–H groups in total. The highest BCUT2D eigenvalue weighted by Gasteiger charge is 2.34. The minimum Gasteiger partial charge on any atom is -0.508 e. The predicted molar refractivity (Wildman–Crippen MR) is 145 cm³/mol. The van der Waals surface area contributed by atoms with Crippen molar-refractivity contribution in [1.82, 2.24) is 4.57 Å². The van der Waals surface area contributed by atoms with Gasteiger partial charge in [-0.05, 0) is 56.7 Å². The van der Waals surface area contributed by atoms with Gasteiger partial charge in [-0.1, -0.05) is 17.4 Å². The molecule has 0 aliphatic carbocycles. The molecule has 0 spiro atoms. The molecule has 1 atom stereocenters. The van der Waals surface area contributed by atoms with E-state index in [4.69, 9.17) is 14.2 Å². The lowest BCUT2D eigenvalue weighted by Gasteiger charge is -2.25. The zero-order chi connectivity index (χ0) is 29.0. The third kappa shape index (κ3) is 5.71. The van der Waals surface area contributed by atoms with Crippen molar-refractivity contribution in [3.63, 3.8) is 0 Å². The van der Waals surface area contributed by atoms with E-state index >= 15 is 0 Å². The number of fused-ring (bicyclic) bond motifs is 1. The Balaban J connectivity index is 1.91. The Morgan fingerprint density at radius 2 is 1.85 bits per heavy atom. The van der Waals surface area contributed by atoms with E-state index in [2.05, 4.69) is 9.73 Å².